The zero-order valence-corrected chi connectivity index (χ0v) is 13.0. The molecule has 0 atom stereocenters. The number of thiophene rings is 1. The Kier molecular flexibility index (Phi) is 4.97. The van der Waals surface area contributed by atoms with Crippen molar-refractivity contribution >= 4 is 17.2 Å². The molecule has 0 spiro atoms. The number of amides is 1. The van der Waals surface area contributed by atoms with Crippen molar-refractivity contribution in [2.45, 2.75) is 19.3 Å². The van der Waals surface area contributed by atoms with Crippen LogP contribution in [0.2, 0.25) is 0 Å². The van der Waals surface area contributed by atoms with Gasteiger partial charge in [0.2, 0.25) is 17.6 Å². The van der Waals surface area contributed by atoms with Crippen molar-refractivity contribution < 1.29 is 9.32 Å². The van der Waals surface area contributed by atoms with Crippen molar-refractivity contribution in [2.75, 3.05) is 19.6 Å². The quantitative estimate of drug-likeness (QED) is 0.794. The molecule has 3 rings (SSSR count). The topological polar surface area (TPSA) is 80.0 Å². The van der Waals surface area contributed by atoms with E-state index in [1.165, 1.54) is 5.57 Å². The maximum absolute atomic E-state index is 11.9. The zero-order valence-electron chi connectivity index (χ0n) is 12.2. The van der Waals surface area contributed by atoms with Crippen molar-refractivity contribution in [1.29, 1.82) is 0 Å². The maximum Gasteiger partial charge on any atom is 0.227 e. The highest BCUT2D eigenvalue weighted by Crippen LogP contribution is 2.18. The fourth-order valence-corrected chi connectivity index (χ4v) is 2.85. The minimum atomic E-state index is 0.00900. The van der Waals surface area contributed by atoms with Gasteiger partial charge in [0.15, 0.2) is 0 Å². The third kappa shape index (κ3) is 4.02. The van der Waals surface area contributed by atoms with E-state index in [1.807, 2.05) is 16.8 Å². The van der Waals surface area contributed by atoms with Gasteiger partial charge in [-0.05, 0) is 24.4 Å². The Hall–Kier alpha value is -1.99. The summed E-state index contributed by atoms with van der Waals surface area (Å²) in [5.74, 6) is 1.09. The lowest BCUT2D eigenvalue weighted by atomic mass is 10.1. The van der Waals surface area contributed by atoms with E-state index in [1.54, 1.807) is 11.3 Å². The van der Waals surface area contributed by atoms with Crippen LogP contribution in [0.3, 0.4) is 0 Å². The van der Waals surface area contributed by atoms with Crippen LogP contribution < -0.4 is 10.6 Å². The van der Waals surface area contributed by atoms with Gasteiger partial charge in [-0.3, -0.25) is 4.79 Å². The summed E-state index contributed by atoms with van der Waals surface area (Å²) in [5.41, 5.74) is 2.23. The SMILES string of the molecule is O=C(CCc1nc(-c2ccsc2)no1)NCC1=CCNCC1. The Labute approximate surface area is 132 Å². The van der Waals surface area contributed by atoms with E-state index < -0.39 is 0 Å². The number of nitrogens with zero attached hydrogens (tertiary/aromatic N) is 2. The van der Waals surface area contributed by atoms with E-state index in [9.17, 15) is 4.79 Å². The van der Waals surface area contributed by atoms with Crippen molar-refractivity contribution in [3.8, 4) is 11.4 Å². The molecule has 1 aliphatic heterocycles. The third-order valence-corrected chi connectivity index (χ3v) is 4.17. The molecule has 116 valence electrons. The molecule has 1 amide bonds. The number of rotatable bonds is 6. The van der Waals surface area contributed by atoms with E-state index in [4.69, 9.17) is 4.52 Å². The van der Waals surface area contributed by atoms with E-state index in [-0.39, 0.29) is 5.91 Å². The number of nitrogens with one attached hydrogen (secondary N) is 2. The van der Waals surface area contributed by atoms with Crippen molar-refractivity contribution in [3.05, 3.63) is 34.4 Å². The Balaban J connectivity index is 1.44. The Morgan fingerprint density at radius 1 is 1.50 bits per heavy atom. The van der Waals surface area contributed by atoms with Gasteiger partial charge in [-0.25, -0.2) is 0 Å². The van der Waals surface area contributed by atoms with Gasteiger partial charge in [-0.2, -0.15) is 16.3 Å². The molecule has 3 heterocycles. The number of hydrogen-bond acceptors (Lipinski definition) is 6. The summed E-state index contributed by atoms with van der Waals surface area (Å²) < 4.78 is 5.18. The lowest BCUT2D eigenvalue weighted by molar-refractivity contribution is -0.121. The molecule has 22 heavy (non-hydrogen) atoms. The maximum atomic E-state index is 11.9. The summed E-state index contributed by atoms with van der Waals surface area (Å²) in [6.07, 6.45) is 3.95. The molecule has 0 saturated carbocycles. The van der Waals surface area contributed by atoms with Gasteiger partial charge in [0, 0.05) is 36.9 Å². The second kappa shape index (κ2) is 7.33. The van der Waals surface area contributed by atoms with Gasteiger partial charge >= 0.3 is 0 Å². The van der Waals surface area contributed by atoms with Crippen LogP contribution in [0, 0.1) is 0 Å². The minimum Gasteiger partial charge on any atom is -0.352 e. The van der Waals surface area contributed by atoms with Crippen LogP contribution in [0.15, 0.2) is 33.0 Å². The lowest BCUT2D eigenvalue weighted by Gasteiger charge is -2.14. The van der Waals surface area contributed by atoms with Crippen LogP contribution >= 0.6 is 11.3 Å². The van der Waals surface area contributed by atoms with Crippen molar-refractivity contribution in [3.63, 3.8) is 0 Å². The predicted molar refractivity (Wildman–Crippen MR) is 84.5 cm³/mol. The number of hydrogen-bond donors (Lipinski definition) is 2. The highest BCUT2D eigenvalue weighted by Gasteiger charge is 2.11. The Bertz CT molecular complexity index is 648. The van der Waals surface area contributed by atoms with Crippen LogP contribution in [-0.2, 0) is 11.2 Å². The average molecular weight is 318 g/mol. The first-order valence-electron chi connectivity index (χ1n) is 7.32. The van der Waals surface area contributed by atoms with Crippen LogP contribution in [0.5, 0.6) is 0 Å². The molecule has 7 heteroatoms. The molecule has 0 bridgehead atoms. The second-order valence-electron chi connectivity index (χ2n) is 5.12. The number of carbonyl (C=O) groups is 1. The van der Waals surface area contributed by atoms with E-state index >= 15 is 0 Å². The highest BCUT2D eigenvalue weighted by atomic mass is 32.1. The summed E-state index contributed by atoms with van der Waals surface area (Å²) in [7, 11) is 0. The largest absolute Gasteiger partial charge is 0.352 e. The van der Waals surface area contributed by atoms with Gasteiger partial charge in [-0.15, -0.1) is 0 Å². The Morgan fingerprint density at radius 2 is 2.45 bits per heavy atom. The molecule has 1 aliphatic rings. The van der Waals surface area contributed by atoms with Crippen molar-refractivity contribution in [2.24, 2.45) is 0 Å². The van der Waals surface area contributed by atoms with Gasteiger partial charge in [-0.1, -0.05) is 16.8 Å². The molecule has 0 aliphatic carbocycles. The molecule has 0 radical (unpaired) electrons. The summed E-state index contributed by atoms with van der Waals surface area (Å²) in [6, 6.07) is 1.94. The Morgan fingerprint density at radius 3 is 3.23 bits per heavy atom. The van der Waals surface area contributed by atoms with Gasteiger partial charge in [0.1, 0.15) is 0 Å². The number of carbonyl (C=O) groups excluding carboxylic acids is 1. The van der Waals surface area contributed by atoms with Crippen molar-refractivity contribution in [1.82, 2.24) is 20.8 Å². The minimum absolute atomic E-state index is 0.00900. The fraction of sp³-hybridized carbons (Fsp3) is 0.400. The second-order valence-corrected chi connectivity index (χ2v) is 5.90. The van der Waals surface area contributed by atoms with Crippen LogP contribution in [0.1, 0.15) is 18.7 Å². The fourth-order valence-electron chi connectivity index (χ4n) is 2.22. The van der Waals surface area contributed by atoms with E-state index in [0.717, 1.165) is 25.1 Å². The highest BCUT2D eigenvalue weighted by molar-refractivity contribution is 7.08. The first kappa shape index (κ1) is 14.9. The number of aryl methyl sites for hydroxylation is 1. The lowest BCUT2D eigenvalue weighted by Crippen LogP contribution is -2.29. The molecule has 0 unspecified atom stereocenters. The first-order valence-corrected chi connectivity index (χ1v) is 8.26. The van der Waals surface area contributed by atoms with Gasteiger partial charge in [0.25, 0.3) is 0 Å². The predicted octanol–water partition coefficient (Wildman–Crippen LogP) is 1.77. The normalized spacial score (nSPS) is 14.6. The molecule has 2 aromatic rings. The summed E-state index contributed by atoms with van der Waals surface area (Å²) >= 11 is 1.59. The summed E-state index contributed by atoms with van der Waals surface area (Å²) in [5, 5.41) is 14.0. The third-order valence-electron chi connectivity index (χ3n) is 3.48. The standard InChI is InChI=1S/C15H18N4O2S/c20-13(17-9-11-3-6-16-7-4-11)1-2-14-18-15(19-21-14)12-5-8-22-10-12/h3,5,8,10,16H,1-2,4,6-7,9H2,(H,17,20). The van der Waals surface area contributed by atoms with E-state index in [0.29, 0.717) is 31.1 Å². The molecular weight excluding hydrogens is 300 g/mol. The molecular formula is C15H18N4O2S. The number of aromatic nitrogens is 2. The zero-order chi connectivity index (χ0) is 15.2. The molecule has 2 aromatic heterocycles. The van der Waals surface area contributed by atoms with Crippen LogP contribution in [0.25, 0.3) is 11.4 Å². The molecule has 0 saturated heterocycles. The van der Waals surface area contributed by atoms with E-state index in [2.05, 4.69) is 26.9 Å². The smallest absolute Gasteiger partial charge is 0.227 e. The molecule has 0 aromatic carbocycles. The van der Waals surface area contributed by atoms with Gasteiger partial charge < -0.3 is 15.2 Å². The van der Waals surface area contributed by atoms with Gasteiger partial charge in [0.05, 0.1) is 0 Å². The van der Waals surface area contributed by atoms with Crippen LogP contribution in [0.4, 0.5) is 0 Å². The molecule has 2 N–H and O–H groups in total. The first-order chi connectivity index (χ1) is 10.8. The van der Waals surface area contributed by atoms with Crippen LogP contribution in [-0.4, -0.2) is 35.7 Å². The molecule has 6 nitrogen and oxygen atoms in total. The molecule has 0 fully saturated rings. The summed E-state index contributed by atoms with van der Waals surface area (Å²) in [6.45, 7) is 2.50. The monoisotopic (exact) mass is 318 g/mol. The average Bonchev–Trinajstić information content (AvgIpc) is 3.22. The summed E-state index contributed by atoms with van der Waals surface area (Å²) in [4.78, 5) is 16.2.